The molecule has 1 aromatic rings. The second kappa shape index (κ2) is 5.09. The van der Waals surface area contributed by atoms with Gasteiger partial charge in [0.25, 0.3) is 0 Å². The van der Waals surface area contributed by atoms with Gasteiger partial charge in [0, 0.05) is 17.5 Å². The van der Waals surface area contributed by atoms with Crippen molar-refractivity contribution in [3.8, 4) is 0 Å². The highest BCUT2D eigenvalue weighted by Crippen LogP contribution is 2.19. The molecule has 0 aliphatic heterocycles. The molecule has 0 heterocycles. The van der Waals surface area contributed by atoms with Crippen molar-refractivity contribution in [1.82, 2.24) is 0 Å². The Hall–Kier alpha value is -1.13. The maximum absolute atomic E-state index is 13.2. The summed E-state index contributed by atoms with van der Waals surface area (Å²) in [4.78, 5) is 11.4. The molecule has 0 saturated heterocycles. The molecule has 0 bridgehead atoms. The fourth-order valence-corrected chi connectivity index (χ4v) is 1.13. The molecule has 1 aromatic carbocycles. The summed E-state index contributed by atoms with van der Waals surface area (Å²) in [7, 11) is 0. The van der Waals surface area contributed by atoms with Crippen molar-refractivity contribution in [2.24, 2.45) is 11.7 Å². The van der Waals surface area contributed by atoms with Crippen molar-refractivity contribution in [1.29, 1.82) is 0 Å². The van der Waals surface area contributed by atoms with Crippen LogP contribution in [0.4, 0.5) is 10.1 Å². The molecule has 1 rings (SSSR count). The first-order chi connectivity index (χ1) is 7.04. The summed E-state index contributed by atoms with van der Waals surface area (Å²) >= 11 is 5.67. The third kappa shape index (κ3) is 3.18. The predicted octanol–water partition coefficient (Wildman–Crippen LogP) is 2.01. The third-order valence-corrected chi connectivity index (χ3v) is 2.22. The molecule has 0 aromatic heterocycles. The number of benzene rings is 1. The van der Waals surface area contributed by atoms with Crippen LogP contribution < -0.4 is 11.1 Å². The van der Waals surface area contributed by atoms with E-state index in [0.717, 1.165) is 0 Å². The van der Waals surface area contributed by atoms with Gasteiger partial charge in [0.1, 0.15) is 5.82 Å². The van der Waals surface area contributed by atoms with Crippen LogP contribution in [0.1, 0.15) is 6.92 Å². The molecule has 3 N–H and O–H groups in total. The van der Waals surface area contributed by atoms with Gasteiger partial charge in [-0.3, -0.25) is 4.79 Å². The summed E-state index contributed by atoms with van der Waals surface area (Å²) in [6, 6.07) is 3.97. The zero-order valence-electron chi connectivity index (χ0n) is 8.26. The minimum Gasteiger partial charge on any atom is -0.330 e. The monoisotopic (exact) mass is 230 g/mol. The quantitative estimate of drug-likeness (QED) is 0.835. The van der Waals surface area contributed by atoms with Crippen LogP contribution in [0.15, 0.2) is 18.2 Å². The van der Waals surface area contributed by atoms with E-state index in [-0.39, 0.29) is 24.1 Å². The van der Waals surface area contributed by atoms with Crippen LogP contribution in [0.3, 0.4) is 0 Å². The lowest BCUT2D eigenvalue weighted by atomic mass is 10.1. The predicted molar refractivity (Wildman–Crippen MR) is 58.3 cm³/mol. The van der Waals surface area contributed by atoms with E-state index in [1.807, 2.05) is 0 Å². The summed E-state index contributed by atoms with van der Waals surface area (Å²) in [5.41, 5.74) is 5.39. The molecular formula is C10H12ClFN2O. The normalized spacial score (nSPS) is 12.3. The summed E-state index contributed by atoms with van der Waals surface area (Å²) in [6.07, 6.45) is 0. The van der Waals surface area contributed by atoms with Crippen LogP contribution in [0.5, 0.6) is 0 Å². The second-order valence-electron chi connectivity index (χ2n) is 3.25. The van der Waals surface area contributed by atoms with Crippen molar-refractivity contribution in [3.05, 3.63) is 29.0 Å². The maximum Gasteiger partial charge on any atom is 0.228 e. The zero-order valence-corrected chi connectivity index (χ0v) is 9.01. The average Bonchev–Trinajstić information content (AvgIpc) is 2.22. The van der Waals surface area contributed by atoms with Crippen molar-refractivity contribution in [3.63, 3.8) is 0 Å². The van der Waals surface area contributed by atoms with Gasteiger partial charge in [-0.25, -0.2) is 4.39 Å². The lowest BCUT2D eigenvalue weighted by Gasteiger charge is -2.10. The Balaban J connectivity index is 2.80. The van der Waals surface area contributed by atoms with Crippen LogP contribution in [-0.2, 0) is 4.79 Å². The lowest BCUT2D eigenvalue weighted by molar-refractivity contribution is -0.119. The Labute approximate surface area is 92.4 Å². The first-order valence-electron chi connectivity index (χ1n) is 4.50. The lowest BCUT2D eigenvalue weighted by Crippen LogP contribution is -2.27. The van der Waals surface area contributed by atoms with Crippen molar-refractivity contribution in [2.75, 3.05) is 11.9 Å². The van der Waals surface area contributed by atoms with Crippen molar-refractivity contribution < 1.29 is 9.18 Å². The topological polar surface area (TPSA) is 55.1 Å². The Bertz CT molecular complexity index is 370. The van der Waals surface area contributed by atoms with E-state index in [1.165, 1.54) is 18.2 Å². The van der Waals surface area contributed by atoms with E-state index < -0.39 is 5.82 Å². The van der Waals surface area contributed by atoms with Gasteiger partial charge in [-0.05, 0) is 18.2 Å². The summed E-state index contributed by atoms with van der Waals surface area (Å²) < 4.78 is 13.2. The fraction of sp³-hybridized carbons (Fsp3) is 0.300. The number of amides is 1. The minimum atomic E-state index is -0.517. The highest BCUT2D eigenvalue weighted by atomic mass is 35.5. The first-order valence-corrected chi connectivity index (χ1v) is 4.88. The van der Waals surface area contributed by atoms with E-state index in [9.17, 15) is 9.18 Å². The standard InChI is InChI=1S/C10H12ClFN2O/c1-6(5-13)10(15)14-9-4-7(11)2-3-8(9)12/h2-4,6H,5,13H2,1H3,(H,14,15). The van der Waals surface area contributed by atoms with Crippen LogP contribution in [0.25, 0.3) is 0 Å². The van der Waals surface area contributed by atoms with Crippen molar-refractivity contribution >= 4 is 23.2 Å². The number of carbonyl (C=O) groups excluding carboxylic acids is 1. The third-order valence-electron chi connectivity index (χ3n) is 1.99. The van der Waals surface area contributed by atoms with Gasteiger partial charge < -0.3 is 11.1 Å². The molecular weight excluding hydrogens is 219 g/mol. The molecule has 15 heavy (non-hydrogen) atoms. The Morgan fingerprint density at radius 3 is 2.93 bits per heavy atom. The van der Waals surface area contributed by atoms with Gasteiger partial charge in [-0.1, -0.05) is 18.5 Å². The Kier molecular flexibility index (Phi) is 4.05. The molecule has 0 fully saturated rings. The number of anilines is 1. The zero-order chi connectivity index (χ0) is 11.4. The Morgan fingerprint density at radius 1 is 1.67 bits per heavy atom. The molecule has 0 radical (unpaired) electrons. The number of hydrogen-bond acceptors (Lipinski definition) is 2. The summed E-state index contributed by atoms with van der Waals surface area (Å²) in [5.74, 6) is -1.20. The number of carbonyl (C=O) groups is 1. The van der Waals surface area contributed by atoms with Gasteiger partial charge in [-0.15, -0.1) is 0 Å². The van der Waals surface area contributed by atoms with Crippen LogP contribution in [0.2, 0.25) is 5.02 Å². The smallest absolute Gasteiger partial charge is 0.228 e. The molecule has 0 spiro atoms. The highest BCUT2D eigenvalue weighted by molar-refractivity contribution is 6.30. The van der Waals surface area contributed by atoms with Gasteiger partial charge in [0.05, 0.1) is 5.69 Å². The number of nitrogens with two attached hydrogens (primary N) is 1. The van der Waals surface area contributed by atoms with Crippen LogP contribution >= 0.6 is 11.6 Å². The molecule has 5 heteroatoms. The molecule has 0 aliphatic rings. The maximum atomic E-state index is 13.2. The average molecular weight is 231 g/mol. The number of nitrogens with one attached hydrogen (secondary N) is 1. The van der Waals surface area contributed by atoms with Gasteiger partial charge >= 0.3 is 0 Å². The summed E-state index contributed by atoms with van der Waals surface area (Å²) in [6.45, 7) is 1.88. The van der Waals surface area contributed by atoms with Crippen LogP contribution in [-0.4, -0.2) is 12.5 Å². The minimum absolute atomic E-state index is 0.0767. The molecule has 3 nitrogen and oxygen atoms in total. The highest BCUT2D eigenvalue weighted by Gasteiger charge is 2.13. The number of rotatable bonds is 3. The van der Waals surface area contributed by atoms with Gasteiger partial charge in [0.2, 0.25) is 5.91 Å². The van der Waals surface area contributed by atoms with E-state index in [0.29, 0.717) is 5.02 Å². The SMILES string of the molecule is CC(CN)C(=O)Nc1cc(Cl)ccc1F. The van der Waals surface area contributed by atoms with Gasteiger partial charge in [0.15, 0.2) is 0 Å². The largest absolute Gasteiger partial charge is 0.330 e. The van der Waals surface area contributed by atoms with E-state index in [4.69, 9.17) is 17.3 Å². The first kappa shape index (κ1) is 11.9. The van der Waals surface area contributed by atoms with E-state index >= 15 is 0 Å². The van der Waals surface area contributed by atoms with E-state index in [1.54, 1.807) is 6.92 Å². The number of halogens is 2. The fourth-order valence-electron chi connectivity index (χ4n) is 0.956. The molecule has 1 unspecified atom stereocenters. The van der Waals surface area contributed by atoms with Gasteiger partial charge in [-0.2, -0.15) is 0 Å². The molecule has 1 amide bonds. The van der Waals surface area contributed by atoms with Crippen LogP contribution in [0, 0.1) is 11.7 Å². The molecule has 0 saturated carbocycles. The van der Waals surface area contributed by atoms with Crippen molar-refractivity contribution in [2.45, 2.75) is 6.92 Å². The summed E-state index contributed by atoms with van der Waals surface area (Å²) in [5, 5.41) is 2.79. The molecule has 82 valence electrons. The van der Waals surface area contributed by atoms with E-state index in [2.05, 4.69) is 5.32 Å². The number of hydrogen-bond donors (Lipinski definition) is 2. The Morgan fingerprint density at radius 2 is 2.33 bits per heavy atom. The molecule has 1 atom stereocenters. The molecule has 0 aliphatic carbocycles. The second-order valence-corrected chi connectivity index (χ2v) is 3.69.